The monoisotopic (exact) mass is 266 g/mol. The number of benzene rings is 1. The van der Waals surface area contributed by atoms with Crippen molar-refractivity contribution in [3.8, 4) is 0 Å². The first-order valence-corrected chi connectivity index (χ1v) is 6.33. The molecule has 0 saturated carbocycles. The standard InChI is InChI=1S/C13H14O4S/c1-16-12(14)7-8-18-10-13(15)17-9-11-5-3-2-4-6-11/h2-8H,9-10H2,1H3/b8-7-. The maximum atomic E-state index is 11.3. The normalized spacial score (nSPS) is 10.3. The molecular weight excluding hydrogens is 252 g/mol. The number of rotatable bonds is 6. The Balaban J connectivity index is 2.18. The first-order chi connectivity index (χ1) is 8.72. The van der Waals surface area contributed by atoms with Gasteiger partial charge < -0.3 is 9.47 Å². The first-order valence-electron chi connectivity index (χ1n) is 5.28. The lowest BCUT2D eigenvalue weighted by Gasteiger charge is -2.03. The molecular formula is C13H14O4S. The highest BCUT2D eigenvalue weighted by molar-refractivity contribution is 8.02. The maximum Gasteiger partial charge on any atom is 0.330 e. The summed E-state index contributed by atoms with van der Waals surface area (Å²) in [6.07, 6.45) is 1.26. The first kappa shape index (κ1) is 14.3. The molecule has 18 heavy (non-hydrogen) atoms. The Morgan fingerprint density at radius 3 is 2.67 bits per heavy atom. The molecule has 0 spiro atoms. The third-order valence-electron chi connectivity index (χ3n) is 1.95. The van der Waals surface area contributed by atoms with Gasteiger partial charge >= 0.3 is 11.9 Å². The van der Waals surface area contributed by atoms with Gasteiger partial charge in [-0.15, -0.1) is 11.8 Å². The highest BCUT2D eigenvalue weighted by Gasteiger charge is 2.02. The van der Waals surface area contributed by atoms with Gasteiger partial charge in [0.1, 0.15) is 6.61 Å². The zero-order valence-electron chi connectivity index (χ0n) is 10.00. The van der Waals surface area contributed by atoms with Crippen LogP contribution in [0.3, 0.4) is 0 Å². The third-order valence-corrected chi connectivity index (χ3v) is 2.68. The molecule has 0 aromatic heterocycles. The predicted molar refractivity (Wildman–Crippen MR) is 69.9 cm³/mol. The number of esters is 2. The van der Waals surface area contributed by atoms with E-state index in [4.69, 9.17) is 4.74 Å². The van der Waals surface area contributed by atoms with Crippen LogP contribution >= 0.6 is 11.8 Å². The van der Waals surface area contributed by atoms with Crippen LogP contribution in [-0.2, 0) is 25.7 Å². The van der Waals surface area contributed by atoms with Crippen LogP contribution in [-0.4, -0.2) is 24.8 Å². The van der Waals surface area contributed by atoms with Gasteiger partial charge in [-0.3, -0.25) is 4.79 Å². The average Bonchev–Trinajstić information content (AvgIpc) is 2.42. The van der Waals surface area contributed by atoms with E-state index >= 15 is 0 Å². The molecule has 0 heterocycles. The van der Waals surface area contributed by atoms with Crippen LogP contribution in [0.2, 0.25) is 0 Å². The fourth-order valence-corrected chi connectivity index (χ4v) is 1.59. The van der Waals surface area contributed by atoms with E-state index in [1.165, 1.54) is 30.4 Å². The average molecular weight is 266 g/mol. The zero-order chi connectivity index (χ0) is 13.2. The summed E-state index contributed by atoms with van der Waals surface area (Å²) in [7, 11) is 1.30. The van der Waals surface area contributed by atoms with Gasteiger partial charge in [-0.2, -0.15) is 0 Å². The predicted octanol–water partition coefficient (Wildman–Crippen LogP) is 2.15. The van der Waals surface area contributed by atoms with Gasteiger partial charge in [-0.25, -0.2) is 4.79 Å². The van der Waals surface area contributed by atoms with E-state index in [2.05, 4.69) is 4.74 Å². The molecule has 0 aliphatic rings. The Morgan fingerprint density at radius 2 is 2.00 bits per heavy atom. The van der Waals surface area contributed by atoms with E-state index in [0.717, 1.165) is 5.56 Å². The van der Waals surface area contributed by atoms with Crippen molar-refractivity contribution in [1.82, 2.24) is 0 Å². The number of thioether (sulfide) groups is 1. The van der Waals surface area contributed by atoms with E-state index < -0.39 is 5.97 Å². The molecule has 96 valence electrons. The molecule has 0 unspecified atom stereocenters. The van der Waals surface area contributed by atoms with Crippen molar-refractivity contribution >= 4 is 23.7 Å². The van der Waals surface area contributed by atoms with Crippen LogP contribution in [0, 0.1) is 0 Å². The number of carbonyl (C=O) groups is 2. The molecule has 1 aromatic carbocycles. The second kappa shape index (κ2) is 8.36. The van der Waals surface area contributed by atoms with Crippen LogP contribution < -0.4 is 0 Å². The van der Waals surface area contributed by atoms with E-state index in [9.17, 15) is 9.59 Å². The summed E-state index contributed by atoms with van der Waals surface area (Å²) in [5, 5.41) is 1.51. The summed E-state index contributed by atoms with van der Waals surface area (Å²) in [5.74, 6) is -0.598. The molecule has 4 nitrogen and oxygen atoms in total. The number of carbonyl (C=O) groups excluding carboxylic acids is 2. The van der Waals surface area contributed by atoms with Crippen molar-refractivity contribution < 1.29 is 19.1 Å². The lowest BCUT2D eigenvalue weighted by atomic mass is 10.2. The minimum atomic E-state index is -0.444. The second-order valence-electron chi connectivity index (χ2n) is 3.28. The minimum absolute atomic E-state index is 0.167. The Morgan fingerprint density at radius 1 is 1.28 bits per heavy atom. The summed E-state index contributed by atoms with van der Waals surface area (Å²) in [5.41, 5.74) is 0.945. The SMILES string of the molecule is COC(=O)/C=C\SCC(=O)OCc1ccccc1. The summed E-state index contributed by atoms with van der Waals surface area (Å²) in [4.78, 5) is 22.1. The second-order valence-corrected chi connectivity index (χ2v) is 4.18. The van der Waals surface area contributed by atoms with Crippen LogP contribution in [0.25, 0.3) is 0 Å². The van der Waals surface area contributed by atoms with Gasteiger partial charge in [0.15, 0.2) is 0 Å². The Labute approximate surface area is 110 Å². The van der Waals surface area contributed by atoms with Crippen molar-refractivity contribution in [3.63, 3.8) is 0 Å². The van der Waals surface area contributed by atoms with Gasteiger partial charge in [0, 0.05) is 6.08 Å². The molecule has 0 atom stereocenters. The maximum absolute atomic E-state index is 11.3. The minimum Gasteiger partial charge on any atom is -0.466 e. The quantitative estimate of drug-likeness (QED) is 0.583. The van der Waals surface area contributed by atoms with Gasteiger partial charge in [-0.05, 0) is 11.0 Å². The summed E-state index contributed by atoms with van der Waals surface area (Å²) >= 11 is 1.18. The fourth-order valence-electron chi connectivity index (χ4n) is 1.07. The summed E-state index contributed by atoms with van der Waals surface area (Å²) in [6.45, 7) is 0.265. The molecule has 0 N–H and O–H groups in total. The van der Waals surface area contributed by atoms with Crippen molar-refractivity contribution in [2.45, 2.75) is 6.61 Å². The Hall–Kier alpha value is -1.75. The third kappa shape index (κ3) is 6.10. The van der Waals surface area contributed by atoms with E-state index in [-0.39, 0.29) is 18.3 Å². The molecule has 0 fully saturated rings. The highest BCUT2D eigenvalue weighted by Crippen LogP contribution is 2.05. The number of ether oxygens (including phenoxy) is 2. The zero-order valence-corrected chi connectivity index (χ0v) is 10.8. The van der Waals surface area contributed by atoms with Gasteiger partial charge in [0.2, 0.25) is 0 Å². The largest absolute Gasteiger partial charge is 0.466 e. The molecule has 1 rings (SSSR count). The van der Waals surface area contributed by atoms with Gasteiger partial charge in [0.25, 0.3) is 0 Å². The molecule has 0 bridgehead atoms. The van der Waals surface area contributed by atoms with Crippen molar-refractivity contribution in [2.24, 2.45) is 0 Å². The Bertz CT molecular complexity index is 414. The lowest BCUT2D eigenvalue weighted by molar-refractivity contribution is -0.141. The Kier molecular flexibility index (Phi) is 6.64. The van der Waals surface area contributed by atoms with Crippen LogP contribution in [0.15, 0.2) is 41.8 Å². The van der Waals surface area contributed by atoms with E-state index in [1.807, 2.05) is 30.3 Å². The number of methoxy groups -OCH3 is 1. The van der Waals surface area contributed by atoms with Crippen LogP contribution in [0.5, 0.6) is 0 Å². The van der Waals surface area contributed by atoms with E-state index in [0.29, 0.717) is 0 Å². The van der Waals surface area contributed by atoms with E-state index in [1.54, 1.807) is 0 Å². The van der Waals surface area contributed by atoms with Crippen LogP contribution in [0.4, 0.5) is 0 Å². The number of hydrogen-bond acceptors (Lipinski definition) is 5. The summed E-state index contributed by atoms with van der Waals surface area (Å²) < 4.78 is 9.46. The van der Waals surface area contributed by atoms with Crippen LogP contribution in [0.1, 0.15) is 5.56 Å². The molecule has 0 radical (unpaired) electrons. The lowest BCUT2D eigenvalue weighted by Crippen LogP contribution is -2.06. The van der Waals surface area contributed by atoms with Crippen molar-refractivity contribution in [1.29, 1.82) is 0 Å². The smallest absolute Gasteiger partial charge is 0.330 e. The number of hydrogen-bond donors (Lipinski definition) is 0. The van der Waals surface area contributed by atoms with Crippen molar-refractivity contribution in [2.75, 3.05) is 12.9 Å². The van der Waals surface area contributed by atoms with Gasteiger partial charge in [0.05, 0.1) is 12.9 Å². The molecule has 5 heteroatoms. The summed E-state index contributed by atoms with van der Waals surface area (Å²) in [6, 6.07) is 9.45. The molecule has 0 aliphatic heterocycles. The molecule has 0 saturated heterocycles. The van der Waals surface area contributed by atoms with Crippen molar-refractivity contribution in [3.05, 3.63) is 47.4 Å². The fraction of sp³-hybridized carbons (Fsp3) is 0.231. The topological polar surface area (TPSA) is 52.6 Å². The highest BCUT2D eigenvalue weighted by atomic mass is 32.2. The molecule has 1 aromatic rings. The molecule has 0 aliphatic carbocycles. The van der Waals surface area contributed by atoms with Gasteiger partial charge in [-0.1, -0.05) is 30.3 Å². The molecule has 0 amide bonds.